The zero-order valence-corrected chi connectivity index (χ0v) is 16.7. The fraction of sp³-hybridized carbons (Fsp3) is 0.200. The van der Waals surface area contributed by atoms with Crippen LogP contribution in [0.3, 0.4) is 0 Å². The molecule has 2 aromatic carbocycles. The Hall–Kier alpha value is -3.46. The summed E-state index contributed by atoms with van der Waals surface area (Å²) in [5, 5.41) is 7.83. The van der Waals surface area contributed by atoms with Crippen LogP contribution >= 0.6 is 11.3 Å². The molecule has 150 valence electrons. The molecule has 0 saturated carbocycles. The fourth-order valence-corrected chi connectivity index (χ4v) is 3.52. The predicted molar refractivity (Wildman–Crippen MR) is 111 cm³/mol. The topological polar surface area (TPSA) is 90.9 Å². The molecule has 29 heavy (non-hydrogen) atoms. The Morgan fingerprint density at radius 1 is 1.00 bits per heavy atom. The lowest BCUT2D eigenvalue weighted by atomic mass is 10.1. The van der Waals surface area contributed by atoms with Gasteiger partial charge < -0.3 is 24.3 Å². The van der Waals surface area contributed by atoms with Crippen LogP contribution in [0.1, 0.15) is 0 Å². The van der Waals surface area contributed by atoms with Gasteiger partial charge in [0, 0.05) is 34.8 Å². The van der Waals surface area contributed by atoms with Crippen LogP contribution in [-0.2, 0) is 0 Å². The van der Waals surface area contributed by atoms with Crippen molar-refractivity contribution in [1.29, 1.82) is 0 Å². The summed E-state index contributed by atoms with van der Waals surface area (Å²) in [6.45, 7) is 1.07. The number of carbonyl (C=O) groups is 1. The van der Waals surface area contributed by atoms with Crippen molar-refractivity contribution in [2.45, 2.75) is 0 Å². The Kier molecular flexibility index (Phi) is 5.39. The third-order valence-electron chi connectivity index (χ3n) is 4.17. The van der Waals surface area contributed by atoms with Gasteiger partial charge in [0.1, 0.15) is 24.7 Å². The smallest absolute Gasteiger partial charge is 0.325 e. The zero-order chi connectivity index (χ0) is 20.2. The summed E-state index contributed by atoms with van der Waals surface area (Å²) in [5.41, 5.74) is 2.17. The monoisotopic (exact) mass is 413 g/mol. The molecule has 1 aromatic heterocycles. The third-order valence-corrected chi connectivity index (χ3v) is 4.93. The van der Waals surface area contributed by atoms with Crippen molar-refractivity contribution >= 4 is 28.2 Å². The van der Waals surface area contributed by atoms with Crippen LogP contribution in [0.2, 0.25) is 0 Å². The number of hydrogen-bond donors (Lipinski definition) is 2. The van der Waals surface area contributed by atoms with Gasteiger partial charge in [0.05, 0.1) is 19.9 Å². The van der Waals surface area contributed by atoms with Crippen LogP contribution in [0.15, 0.2) is 41.8 Å². The number of amides is 2. The normalized spacial score (nSPS) is 12.2. The van der Waals surface area contributed by atoms with Crippen LogP contribution in [-0.4, -0.2) is 38.4 Å². The minimum atomic E-state index is -0.414. The number of anilines is 2. The van der Waals surface area contributed by atoms with Crippen LogP contribution in [0.4, 0.5) is 15.6 Å². The number of thiazole rings is 1. The fourth-order valence-electron chi connectivity index (χ4n) is 2.81. The van der Waals surface area contributed by atoms with Gasteiger partial charge in [-0.3, -0.25) is 5.32 Å². The minimum absolute atomic E-state index is 0.414. The predicted octanol–water partition coefficient (Wildman–Crippen LogP) is 4.24. The highest BCUT2D eigenvalue weighted by atomic mass is 32.1. The Morgan fingerprint density at radius 2 is 1.72 bits per heavy atom. The van der Waals surface area contributed by atoms with E-state index in [9.17, 15) is 4.79 Å². The number of ether oxygens (including phenoxy) is 4. The maximum absolute atomic E-state index is 12.3. The van der Waals surface area contributed by atoms with Crippen molar-refractivity contribution in [3.63, 3.8) is 0 Å². The molecule has 0 atom stereocenters. The van der Waals surface area contributed by atoms with E-state index in [-0.39, 0.29) is 0 Å². The third kappa shape index (κ3) is 4.35. The van der Waals surface area contributed by atoms with Gasteiger partial charge in [-0.15, -0.1) is 11.3 Å². The van der Waals surface area contributed by atoms with Gasteiger partial charge in [-0.05, 0) is 18.2 Å². The first-order valence-electron chi connectivity index (χ1n) is 8.81. The van der Waals surface area contributed by atoms with Gasteiger partial charge in [-0.25, -0.2) is 9.78 Å². The first-order chi connectivity index (χ1) is 14.1. The highest BCUT2D eigenvalue weighted by molar-refractivity contribution is 7.14. The van der Waals surface area contributed by atoms with E-state index in [0.717, 1.165) is 17.0 Å². The largest absolute Gasteiger partial charge is 0.497 e. The maximum atomic E-state index is 12.3. The molecule has 2 heterocycles. The van der Waals surface area contributed by atoms with E-state index in [1.807, 2.05) is 23.6 Å². The second-order valence-electron chi connectivity index (χ2n) is 6.08. The Morgan fingerprint density at radius 3 is 2.45 bits per heavy atom. The number of rotatable bonds is 5. The molecule has 2 amide bonds. The summed E-state index contributed by atoms with van der Waals surface area (Å²) in [4.78, 5) is 16.8. The first-order valence-corrected chi connectivity index (χ1v) is 9.69. The molecular weight excluding hydrogens is 394 g/mol. The highest BCUT2D eigenvalue weighted by Crippen LogP contribution is 2.35. The second kappa shape index (κ2) is 8.27. The van der Waals surface area contributed by atoms with E-state index in [4.69, 9.17) is 18.9 Å². The molecule has 0 saturated heterocycles. The van der Waals surface area contributed by atoms with Gasteiger partial charge in [0.25, 0.3) is 0 Å². The van der Waals surface area contributed by atoms with E-state index >= 15 is 0 Å². The van der Waals surface area contributed by atoms with Gasteiger partial charge in [0.2, 0.25) is 0 Å². The Balaban J connectivity index is 1.45. The van der Waals surface area contributed by atoms with Gasteiger partial charge >= 0.3 is 6.03 Å². The van der Waals surface area contributed by atoms with Gasteiger partial charge in [0.15, 0.2) is 16.6 Å². The average Bonchev–Trinajstić information content (AvgIpc) is 3.21. The van der Waals surface area contributed by atoms with Crippen LogP contribution in [0, 0.1) is 0 Å². The number of nitrogens with one attached hydrogen (secondary N) is 2. The van der Waals surface area contributed by atoms with Crippen LogP contribution in [0.25, 0.3) is 11.3 Å². The average molecular weight is 413 g/mol. The van der Waals surface area contributed by atoms with Crippen molar-refractivity contribution in [3.05, 3.63) is 41.8 Å². The molecule has 0 spiro atoms. The first kappa shape index (κ1) is 18.9. The number of nitrogens with zero attached hydrogens (tertiary/aromatic N) is 1. The lowest BCUT2D eigenvalue weighted by Crippen LogP contribution is -2.19. The van der Waals surface area contributed by atoms with Crippen molar-refractivity contribution in [3.8, 4) is 34.3 Å². The van der Waals surface area contributed by atoms with Crippen molar-refractivity contribution < 1.29 is 23.7 Å². The van der Waals surface area contributed by atoms with Crippen molar-refractivity contribution in [2.24, 2.45) is 0 Å². The van der Waals surface area contributed by atoms with Gasteiger partial charge in [-0.1, -0.05) is 0 Å². The standard InChI is InChI=1S/C20H19N3O5S/c1-25-14-8-13(9-15(10-14)26-2)21-19(24)23-20-22-16(11-29-20)12-3-4-17-18(7-12)28-6-5-27-17/h3-4,7-11H,5-6H2,1-2H3,(H2,21,22,23,24). The molecule has 1 aliphatic heterocycles. The Labute approximate surface area is 171 Å². The summed E-state index contributed by atoms with van der Waals surface area (Å²) < 4.78 is 21.6. The van der Waals surface area contributed by atoms with E-state index in [0.29, 0.717) is 41.3 Å². The SMILES string of the molecule is COc1cc(NC(=O)Nc2nc(-c3ccc4c(c3)OCCO4)cs2)cc(OC)c1. The molecule has 0 radical (unpaired) electrons. The molecule has 4 rings (SSSR count). The number of aromatic nitrogens is 1. The molecule has 1 aliphatic rings. The summed E-state index contributed by atoms with van der Waals surface area (Å²) in [6.07, 6.45) is 0. The van der Waals surface area contributed by atoms with E-state index in [1.54, 1.807) is 32.4 Å². The van der Waals surface area contributed by atoms with Crippen LogP contribution < -0.4 is 29.6 Å². The molecule has 9 heteroatoms. The summed E-state index contributed by atoms with van der Waals surface area (Å²) in [7, 11) is 3.10. The zero-order valence-electron chi connectivity index (χ0n) is 15.9. The summed E-state index contributed by atoms with van der Waals surface area (Å²) >= 11 is 1.33. The quantitative estimate of drug-likeness (QED) is 0.650. The lowest BCUT2D eigenvalue weighted by Gasteiger charge is -2.18. The molecule has 8 nitrogen and oxygen atoms in total. The van der Waals surface area contributed by atoms with Crippen LogP contribution in [0.5, 0.6) is 23.0 Å². The summed E-state index contributed by atoms with van der Waals surface area (Å²) in [6, 6.07) is 10.4. The number of hydrogen-bond acceptors (Lipinski definition) is 7. The summed E-state index contributed by atoms with van der Waals surface area (Å²) in [5.74, 6) is 2.58. The van der Waals surface area contributed by atoms with E-state index in [1.165, 1.54) is 11.3 Å². The number of urea groups is 1. The van der Waals surface area contributed by atoms with E-state index < -0.39 is 6.03 Å². The molecule has 0 unspecified atom stereocenters. The number of carbonyl (C=O) groups excluding carboxylic acids is 1. The number of methoxy groups -OCH3 is 2. The minimum Gasteiger partial charge on any atom is -0.497 e. The molecule has 2 N–H and O–H groups in total. The highest BCUT2D eigenvalue weighted by Gasteiger charge is 2.14. The molecule has 0 bridgehead atoms. The molecule has 0 aliphatic carbocycles. The van der Waals surface area contributed by atoms with E-state index in [2.05, 4.69) is 15.6 Å². The molecule has 3 aromatic rings. The molecule has 0 fully saturated rings. The van der Waals surface area contributed by atoms with Gasteiger partial charge in [-0.2, -0.15) is 0 Å². The van der Waals surface area contributed by atoms with Crippen molar-refractivity contribution in [2.75, 3.05) is 38.1 Å². The number of fused-ring (bicyclic) bond motifs is 1. The second-order valence-corrected chi connectivity index (χ2v) is 6.93. The number of benzene rings is 2. The Bertz CT molecular complexity index is 1010. The lowest BCUT2D eigenvalue weighted by molar-refractivity contribution is 0.171. The molecular formula is C20H19N3O5S. The maximum Gasteiger partial charge on any atom is 0.325 e. The van der Waals surface area contributed by atoms with Crippen molar-refractivity contribution in [1.82, 2.24) is 4.98 Å².